The van der Waals surface area contributed by atoms with Gasteiger partial charge in [-0.1, -0.05) is 75.4 Å². The summed E-state index contributed by atoms with van der Waals surface area (Å²) in [7, 11) is 4.95. The third-order valence-corrected chi connectivity index (χ3v) is 17.0. The molecule has 4 aromatic rings. The van der Waals surface area contributed by atoms with Crippen LogP contribution in [-0.4, -0.2) is 162 Å². The number of hydrogen-bond donors (Lipinski definition) is 4. The first-order valence-corrected chi connectivity index (χ1v) is 27.4. The Labute approximate surface area is 459 Å². The highest BCUT2D eigenvalue weighted by molar-refractivity contribution is 5.83. The van der Waals surface area contributed by atoms with Crippen molar-refractivity contribution in [2.45, 2.75) is 199 Å². The lowest BCUT2D eigenvalue weighted by atomic mass is 9.74. The van der Waals surface area contributed by atoms with Crippen LogP contribution in [0.15, 0.2) is 77.9 Å². The number of hydrogen-bond acceptors (Lipinski definition) is 17. The van der Waals surface area contributed by atoms with E-state index in [2.05, 4.69) is 15.2 Å². The van der Waals surface area contributed by atoms with Gasteiger partial charge in [-0.3, -0.25) is 23.9 Å². The minimum Gasteiger partial charge on any atom is -0.459 e. The van der Waals surface area contributed by atoms with Gasteiger partial charge in [-0.25, -0.2) is 4.68 Å². The van der Waals surface area contributed by atoms with Crippen molar-refractivity contribution in [3.63, 3.8) is 0 Å². The fourth-order valence-corrected chi connectivity index (χ4v) is 11.9. The average Bonchev–Trinajstić information content (AvgIpc) is 3.89. The topological polar surface area (TPSA) is 236 Å². The highest BCUT2D eigenvalue weighted by Crippen LogP contribution is 2.42. The predicted octanol–water partition coefficient (Wildman–Crippen LogP) is 5.78. The fraction of sp³-hybridized carbons (Fsp3) is 0.644. The van der Waals surface area contributed by atoms with Gasteiger partial charge in [-0.05, 0) is 104 Å². The highest BCUT2D eigenvalue weighted by atomic mass is 16.7. The second-order valence-electron chi connectivity index (χ2n) is 23.2. The van der Waals surface area contributed by atoms with Crippen LogP contribution < -0.4 is 5.56 Å². The van der Waals surface area contributed by atoms with Crippen molar-refractivity contribution in [1.82, 2.24) is 24.5 Å². The molecule has 2 aromatic heterocycles. The number of carbonyl (C=O) groups excluding carboxylic acids is 2. The highest BCUT2D eigenvalue weighted by Gasteiger charge is 2.54. The monoisotopic (exact) mass is 1090 g/mol. The molecule has 18 atom stereocenters. The third-order valence-electron chi connectivity index (χ3n) is 17.0. The van der Waals surface area contributed by atoms with E-state index in [1.807, 2.05) is 88.7 Å². The molecule has 4 N–H and O–H groups in total. The third kappa shape index (κ3) is 13.2. The van der Waals surface area contributed by atoms with Crippen LogP contribution in [0.25, 0.3) is 16.9 Å². The number of likely N-dealkylation sites (N-methyl/N-ethyl adjacent to an activating group) is 1. The maximum Gasteiger partial charge on any atom is 0.311 e. The molecule has 5 heterocycles. The number of ether oxygens (including phenoxy) is 7. The number of aromatic nitrogens is 4. The van der Waals surface area contributed by atoms with Crippen molar-refractivity contribution in [3.8, 4) is 16.9 Å². The molecule has 3 unspecified atom stereocenters. The molecule has 430 valence electrons. The summed E-state index contributed by atoms with van der Waals surface area (Å²) in [6, 6.07) is 18.7. The lowest BCUT2D eigenvalue weighted by molar-refractivity contribution is -0.319. The maximum absolute atomic E-state index is 14.5. The van der Waals surface area contributed by atoms with E-state index in [1.165, 1.54) is 21.1 Å². The lowest BCUT2D eigenvalue weighted by Crippen LogP contribution is -2.61. The molecule has 0 amide bonds. The Morgan fingerprint density at radius 3 is 2.09 bits per heavy atom. The standard InChI is InChI=1S/C59H85N5O14/c1-15-46-59(11,71)52(68)36(5)49(66)34(3)27-58(10,73-14)54(37(6)51(38(7)55(70)76-46)77-48-28-57(9,72-13)53(69)39(8)75-48)78-56-50(67)45(26-35(4)74-56)62(12)30-40-17-21-42(22-18-40)44-32-63(61-60-44)31-41-19-23-43(24-20-41)64-29-33(2)16-25-47(64)65/h16-25,29,32,34-39,45-46,48,50-54,56,67-69,71H,15,26-28,30-31H2,1-14H3/t34-,35-,36+,37+,38-,39+,45+,46?,48?,50-,51-,52-,53+,54-,56?,57-,58+,59-/m1/s1. The molecule has 0 bridgehead atoms. The number of rotatable bonds is 14. The average molecular weight is 1090 g/mol. The number of Topliss-reactive ketones (excluding diaryl/α,β-unsaturated/α-hetero) is 1. The lowest BCUT2D eigenvalue weighted by Gasteiger charge is -2.50. The van der Waals surface area contributed by atoms with Gasteiger partial charge in [-0.2, -0.15) is 0 Å². The summed E-state index contributed by atoms with van der Waals surface area (Å²) < 4.78 is 48.4. The zero-order valence-corrected chi connectivity index (χ0v) is 47.9. The van der Waals surface area contributed by atoms with Crippen LogP contribution in [-0.2, 0) is 55.8 Å². The van der Waals surface area contributed by atoms with Gasteiger partial charge in [-0.15, -0.1) is 5.10 Å². The van der Waals surface area contributed by atoms with Gasteiger partial charge in [0.2, 0.25) is 0 Å². The fourth-order valence-electron chi connectivity index (χ4n) is 11.9. The molecule has 19 nitrogen and oxygen atoms in total. The van der Waals surface area contributed by atoms with Crippen LogP contribution in [0.1, 0.15) is 112 Å². The second kappa shape index (κ2) is 24.9. The molecule has 78 heavy (non-hydrogen) atoms. The van der Waals surface area contributed by atoms with Gasteiger partial charge in [0.05, 0.1) is 60.4 Å². The summed E-state index contributed by atoms with van der Waals surface area (Å²) in [6.07, 6.45) is -5.99. The summed E-state index contributed by atoms with van der Waals surface area (Å²) in [5.41, 5.74) is 0.828. The Morgan fingerprint density at radius 2 is 1.45 bits per heavy atom. The number of pyridine rings is 1. The molecule has 2 aromatic carbocycles. The number of ketones is 1. The van der Waals surface area contributed by atoms with Crippen molar-refractivity contribution in [2.75, 3.05) is 21.3 Å². The first-order valence-electron chi connectivity index (χ1n) is 27.4. The maximum atomic E-state index is 14.5. The molecule has 0 saturated carbocycles. The number of nitrogens with zero attached hydrogens (tertiary/aromatic N) is 5. The first kappa shape index (κ1) is 60.9. The van der Waals surface area contributed by atoms with Crippen LogP contribution in [0.5, 0.6) is 0 Å². The van der Waals surface area contributed by atoms with Gasteiger partial charge >= 0.3 is 5.97 Å². The van der Waals surface area contributed by atoms with E-state index < -0.39 is 108 Å². The normalized spacial score (nSPS) is 36.5. The number of benzene rings is 2. The Hall–Kier alpha value is -4.77. The van der Waals surface area contributed by atoms with Gasteiger partial charge in [0.1, 0.15) is 35.4 Å². The van der Waals surface area contributed by atoms with Crippen molar-refractivity contribution < 1.29 is 63.2 Å². The van der Waals surface area contributed by atoms with E-state index in [1.54, 1.807) is 69.8 Å². The van der Waals surface area contributed by atoms with E-state index >= 15 is 0 Å². The first-order chi connectivity index (χ1) is 36.7. The zero-order chi connectivity index (χ0) is 57.2. The number of methoxy groups -OCH3 is 2. The Kier molecular flexibility index (Phi) is 19.5. The summed E-state index contributed by atoms with van der Waals surface area (Å²) in [5.74, 6) is -4.77. The molecule has 3 aliphatic heterocycles. The molecular weight excluding hydrogens is 1000 g/mol. The van der Waals surface area contributed by atoms with E-state index in [4.69, 9.17) is 33.2 Å². The largest absolute Gasteiger partial charge is 0.459 e. The number of aryl methyl sites for hydroxylation is 1. The van der Waals surface area contributed by atoms with Crippen LogP contribution >= 0.6 is 0 Å². The van der Waals surface area contributed by atoms with Gasteiger partial charge in [0, 0.05) is 74.5 Å². The summed E-state index contributed by atoms with van der Waals surface area (Å²) in [6.45, 7) is 20.0. The number of carbonyl (C=O) groups is 2. The Bertz CT molecular complexity index is 2700. The molecule has 3 fully saturated rings. The minimum atomic E-state index is -2.01. The van der Waals surface area contributed by atoms with Gasteiger partial charge in [0.25, 0.3) is 5.56 Å². The van der Waals surface area contributed by atoms with E-state index in [0.29, 0.717) is 25.2 Å². The quantitative estimate of drug-likeness (QED) is 0.110. The molecular formula is C59H85N5O14. The van der Waals surface area contributed by atoms with Crippen molar-refractivity contribution in [1.29, 1.82) is 0 Å². The summed E-state index contributed by atoms with van der Waals surface area (Å²) in [5, 5.41) is 55.9. The smallest absolute Gasteiger partial charge is 0.311 e. The number of cyclic esters (lactones) is 1. The predicted molar refractivity (Wildman–Crippen MR) is 290 cm³/mol. The van der Waals surface area contributed by atoms with Crippen LogP contribution in [0.3, 0.4) is 0 Å². The van der Waals surface area contributed by atoms with Gasteiger partial charge < -0.3 is 53.6 Å². The van der Waals surface area contributed by atoms with E-state index in [-0.39, 0.29) is 36.7 Å². The molecule has 0 radical (unpaired) electrons. The number of aliphatic hydroxyl groups excluding tert-OH is 3. The van der Waals surface area contributed by atoms with Crippen molar-refractivity contribution in [3.05, 3.63) is 100 Å². The van der Waals surface area contributed by atoms with E-state index in [0.717, 1.165) is 27.9 Å². The minimum absolute atomic E-state index is 0.0608. The van der Waals surface area contributed by atoms with Crippen LogP contribution in [0.2, 0.25) is 0 Å². The Balaban J connectivity index is 1.12. The molecule has 3 saturated heterocycles. The molecule has 0 aliphatic carbocycles. The number of esters is 1. The van der Waals surface area contributed by atoms with Crippen LogP contribution in [0.4, 0.5) is 0 Å². The molecule has 19 heteroatoms. The Morgan fingerprint density at radius 1 is 0.795 bits per heavy atom. The molecule has 7 rings (SSSR count). The zero-order valence-electron chi connectivity index (χ0n) is 47.9. The van der Waals surface area contributed by atoms with E-state index in [9.17, 15) is 34.8 Å². The number of aliphatic hydroxyl groups is 4. The second-order valence-corrected chi connectivity index (χ2v) is 23.2. The van der Waals surface area contributed by atoms with Crippen molar-refractivity contribution >= 4 is 11.8 Å². The van der Waals surface area contributed by atoms with Crippen molar-refractivity contribution in [2.24, 2.45) is 23.7 Å². The SMILES string of the molecule is CCC1OC(=O)[C@H](C)[C@H](OC2C[C@@](C)(OC)[C@@H](O)[C@H](C)O2)[C@H](C)[C@@H](OC2O[C@H](C)C[C@H](N(C)Cc3ccc(-c4cn(Cc5ccc(-n6cc(C)ccc6=O)cc5)nn4)cc3)[C@H]2O)[C@@](C)(OC)C[C@@H](C)C(=O)[C@H](C)[C@@H](O)[C@]1(C)O. The molecule has 0 spiro atoms. The summed E-state index contributed by atoms with van der Waals surface area (Å²) >= 11 is 0. The summed E-state index contributed by atoms with van der Waals surface area (Å²) in [4.78, 5) is 43.4. The van der Waals surface area contributed by atoms with Gasteiger partial charge in [0.15, 0.2) is 12.6 Å². The molecule has 3 aliphatic rings. The van der Waals surface area contributed by atoms with Crippen LogP contribution in [0, 0.1) is 30.6 Å².